The minimum atomic E-state index is 0.144. The maximum atomic E-state index is 6.12. The summed E-state index contributed by atoms with van der Waals surface area (Å²) in [5, 5.41) is 3.99. The zero-order chi connectivity index (χ0) is 13.1. The Bertz CT molecular complexity index is 339. The van der Waals surface area contributed by atoms with Crippen molar-refractivity contribution in [1.29, 1.82) is 0 Å². The predicted molar refractivity (Wildman–Crippen MR) is 80.1 cm³/mol. The normalized spacial score (nSPS) is 14.3. The summed E-state index contributed by atoms with van der Waals surface area (Å²) in [4.78, 5) is 4.68. The van der Waals surface area contributed by atoms with Crippen LogP contribution in [0, 0.1) is 0 Å². The van der Waals surface area contributed by atoms with Crippen LogP contribution in [0.2, 0.25) is 0 Å². The highest BCUT2D eigenvalue weighted by atomic mass is 32.2. The zero-order valence-corrected chi connectivity index (χ0v) is 13.1. The molecule has 1 atom stereocenters. The second-order valence-corrected chi connectivity index (χ2v) is 8.27. The van der Waals surface area contributed by atoms with Crippen molar-refractivity contribution in [2.24, 2.45) is 5.73 Å². The van der Waals surface area contributed by atoms with Gasteiger partial charge in [-0.15, -0.1) is 11.3 Å². The highest BCUT2D eigenvalue weighted by Gasteiger charge is 2.18. The summed E-state index contributed by atoms with van der Waals surface area (Å²) in [6.45, 7) is 11.0. The second kappa shape index (κ2) is 6.21. The molecular weight excluding hydrogens is 248 g/mol. The van der Waals surface area contributed by atoms with Crippen LogP contribution in [0.25, 0.3) is 0 Å². The molecule has 0 fully saturated rings. The quantitative estimate of drug-likeness (QED) is 0.892. The number of aromatic nitrogens is 1. The molecule has 17 heavy (non-hydrogen) atoms. The van der Waals surface area contributed by atoms with Crippen molar-refractivity contribution in [3.8, 4) is 0 Å². The van der Waals surface area contributed by atoms with Gasteiger partial charge in [-0.25, -0.2) is 4.98 Å². The maximum Gasteiger partial charge on any atom is 0.0944 e. The molecule has 0 radical (unpaired) electrons. The van der Waals surface area contributed by atoms with Crippen LogP contribution in [0.3, 0.4) is 0 Å². The molecule has 1 unspecified atom stereocenters. The number of nitrogens with zero attached hydrogens (tertiary/aromatic N) is 1. The molecule has 0 aliphatic rings. The SMILES string of the molecule is CC(C)SCC(N)Cc1nc(C(C)(C)C)cs1. The molecule has 0 aliphatic carbocycles. The Morgan fingerprint density at radius 2 is 2.06 bits per heavy atom. The van der Waals surface area contributed by atoms with Crippen LogP contribution in [-0.2, 0) is 11.8 Å². The van der Waals surface area contributed by atoms with Gasteiger partial charge in [-0.1, -0.05) is 34.6 Å². The second-order valence-electron chi connectivity index (χ2n) is 5.72. The summed E-state index contributed by atoms with van der Waals surface area (Å²) < 4.78 is 0. The number of thioether (sulfide) groups is 1. The third-order valence-corrected chi connectivity index (χ3v) is 4.56. The summed E-state index contributed by atoms with van der Waals surface area (Å²) >= 11 is 3.66. The summed E-state index contributed by atoms with van der Waals surface area (Å²) in [5.74, 6) is 1.02. The zero-order valence-electron chi connectivity index (χ0n) is 11.5. The van der Waals surface area contributed by atoms with Crippen LogP contribution in [0.5, 0.6) is 0 Å². The number of nitrogens with two attached hydrogens (primary N) is 1. The van der Waals surface area contributed by atoms with Crippen LogP contribution in [0.15, 0.2) is 5.38 Å². The number of rotatable bonds is 5. The van der Waals surface area contributed by atoms with Crippen LogP contribution in [0.1, 0.15) is 45.3 Å². The Morgan fingerprint density at radius 3 is 2.53 bits per heavy atom. The smallest absolute Gasteiger partial charge is 0.0944 e. The van der Waals surface area contributed by atoms with Crippen molar-refractivity contribution in [2.75, 3.05) is 5.75 Å². The molecule has 2 N–H and O–H groups in total. The van der Waals surface area contributed by atoms with Crippen molar-refractivity contribution < 1.29 is 0 Å². The average molecular weight is 272 g/mol. The molecular formula is C13H24N2S2. The van der Waals surface area contributed by atoms with Crippen LogP contribution >= 0.6 is 23.1 Å². The molecule has 0 saturated carbocycles. The molecule has 2 nitrogen and oxygen atoms in total. The van der Waals surface area contributed by atoms with Crippen molar-refractivity contribution in [1.82, 2.24) is 4.98 Å². The highest BCUT2D eigenvalue weighted by molar-refractivity contribution is 7.99. The molecule has 0 aromatic carbocycles. The van der Waals surface area contributed by atoms with E-state index < -0.39 is 0 Å². The highest BCUT2D eigenvalue weighted by Crippen LogP contribution is 2.24. The van der Waals surface area contributed by atoms with Gasteiger partial charge in [0.05, 0.1) is 10.7 Å². The fourth-order valence-electron chi connectivity index (χ4n) is 1.35. The van der Waals surface area contributed by atoms with Crippen LogP contribution < -0.4 is 5.73 Å². The molecule has 4 heteroatoms. The van der Waals surface area contributed by atoms with E-state index in [1.54, 1.807) is 11.3 Å². The van der Waals surface area contributed by atoms with Gasteiger partial charge in [0.1, 0.15) is 0 Å². The van der Waals surface area contributed by atoms with Crippen molar-refractivity contribution in [2.45, 2.75) is 57.7 Å². The lowest BCUT2D eigenvalue weighted by molar-refractivity contribution is 0.569. The molecule has 1 heterocycles. The van der Waals surface area contributed by atoms with Gasteiger partial charge in [0.25, 0.3) is 0 Å². The number of hydrogen-bond acceptors (Lipinski definition) is 4. The van der Waals surface area contributed by atoms with E-state index in [0.717, 1.165) is 12.2 Å². The first-order valence-electron chi connectivity index (χ1n) is 6.11. The molecule has 0 amide bonds. The molecule has 0 aliphatic heterocycles. The fraction of sp³-hybridized carbons (Fsp3) is 0.769. The Labute approximate surface area is 113 Å². The average Bonchev–Trinajstić information content (AvgIpc) is 2.62. The lowest BCUT2D eigenvalue weighted by Crippen LogP contribution is -2.26. The van der Waals surface area contributed by atoms with Gasteiger partial charge in [-0.05, 0) is 5.25 Å². The fourth-order valence-corrected chi connectivity index (χ4v) is 3.21. The lowest BCUT2D eigenvalue weighted by Gasteiger charge is -2.14. The lowest BCUT2D eigenvalue weighted by atomic mass is 9.93. The van der Waals surface area contributed by atoms with E-state index in [4.69, 9.17) is 5.73 Å². The maximum absolute atomic E-state index is 6.12. The predicted octanol–water partition coefficient (Wildman–Crippen LogP) is 3.45. The summed E-state index contributed by atoms with van der Waals surface area (Å²) in [6, 6.07) is 0.223. The van der Waals surface area contributed by atoms with Gasteiger partial charge in [0, 0.05) is 29.0 Å². The first-order valence-corrected chi connectivity index (χ1v) is 8.04. The van der Waals surface area contributed by atoms with Gasteiger partial charge in [0.15, 0.2) is 0 Å². The number of hydrogen-bond donors (Lipinski definition) is 1. The summed E-state index contributed by atoms with van der Waals surface area (Å²) in [7, 11) is 0. The molecule has 0 saturated heterocycles. The van der Waals surface area contributed by atoms with E-state index >= 15 is 0 Å². The van der Waals surface area contributed by atoms with Crippen molar-refractivity contribution in [3.63, 3.8) is 0 Å². The minimum Gasteiger partial charge on any atom is -0.327 e. The van der Waals surface area contributed by atoms with E-state index in [1.807, 2.05) is 11.8 Å². The van der Waals surface area contributed by atoms with E-state index in [9.17, 15) is 0 Å². The van der Waals surface area contributed by atoms with Gasteiger partial charge in [-0.3, -0.25) is 0 Å². The molecule has 1 rings (SSSR count). The Kier molecular flexibility index (Phi) is 5.48. The molecule has 0 bridgehead atoms. The van der Waals surface area contributed by atoms with Gasteiger partial charge < -0.3 is 5.73 Å². The first-order chi connectivity index (χ1) is 7.79. The van der Waals surface area contributed by atoms with Gasteiger partial charge in [-0.2, -0.15) is 11.8 Å². The molecule has 1 aromatic heterocycles. The van der Waals surface area contributed by atoms with Crippen LogP contribution in [0.4, 0.5) is 0 Å². The number of thiazole rings is 1. The van der Waals surface area contributed by atoms with Crippen LogP contribution in [-0.4, -0.2) is 22.0 Å². The standard InChI is InChI=1S/C13H24N2S2/c1-9(2)16-7-10(14)6-12-15-11(8-17-12)13(3,4)5/h8-10H,6-7,14H2,1-5H3. The van der Waals surface area contributed by atoms with E-state index in [1.165, 1.54) is 10.7 Å². The van der Waals surface area contributed by atoms with E-state index in [0.29, 0.717) is 5.25 Å². The summed E-state index contributed by atoms with van der Waals surface area (Å²) in [6.07, 6.45) is 0.903. The van der Waals surface area contributed by atoms with Crippen molar-refractivity contribution >= 4 is 23.1 Å². The van der Waals surface area contributed by atoms with Gasteiger partial charge in [0.2, 0.25) is 0 Å². The topological polar surface area (TPSA) is 38.9 Å². The largest absolute Gasteiger partial charge is 0.327 e. The van der Waals surface area contributed by atoms with E-state index in [-0.39, 0.29) is 11.5 Å². The van der Waals surface area contributed by atoms with E-state index in [2.05, 4.69) is 45.0 Å². The minimum absolute atomic E-state index is 0.144. The Morgan fingerprint density at radius 1 is 1.41 bits per heavy atom. The monoisotopic (exact) mass is 272 g/mol. The Balaban J connectivity index is 2.49. The Hall–Kier alpha value is -0.0600. The molecule has 0 spiro atoms. The third-order valence-electron chi connectivity index (χ3n) is 2.40. The van der Waals surface area contributed by atoms with Gasteiger partial charge >= 0.3 is 0 Å². The third kappa shape index (κ3) is 5.40. The first kappa shape index (κ1) is 15.0. The van der Waals surface area contributed by atoms with Crippen molar-refractivity contribution in [3.05, 3.63) is 16.1 Å². The molecule has 98 valence electrons. The molecule has 1 aromatic rings. The summed E-state index contributed by atoms with van der Waals surface area (Å²) in [5.41, 5.74) is 7.44.